The summed E-state index contributed by atoms with van der Waals surface area (Å²) in [5.74, 6) is 0. The summed E-state index contributed by atoms with van der Waals surface area (Å²) in [5, 5.41) is 0. The molecule has 0 saturated heterocycles. The van der Waals surface area contributed by atoms with Crippen molar-refractivity contribution in [3.8, 4) is 22.3 Å². The molecule has 65 heavy (non-hydrogen) atoms. The van der Waals surface area contributed by atoms with Crippen LogP contribution in [0.3, 0.4) is 0 Å². The van der Waals surface area contributed by atoms with E-state index in [2.05, 4.69) is 268 Å². The summed E-state index contributed by atoms with van der Waals surface area (Å²) in [6.45, 7) is 9.66. The van der Waals surface area contributed by atoms with Crippen LogP contribution in [0.25, 0.3) is 22.3 Å². The van der Waals surface area contributed by atoms with Gasteiger partial charge in [0.15, 0.2) is 0 Å². The van der Waals surface area contributed by atoms with Gasteiger partial charge in [0.2, 0.25) is 0 Å². The summed E-state index contributed by atoms with van der Waals surface area (Å²) in [5.41, 5.74) is 19.5. The fraction of sp³-hybridized carbons (Fsp3) is 0.143. The number of fused-ring (bicyclic) bond motifs is 4. The monoisotopic (exact) mass is 838 g/mol. The fourth-order valence-corrected chi connectivity index (χ4v) is 11.1. The van der Waals surface area contributed by atoms with Gasteiger partial charge in [-0.1, -0.05) is 191 Å². The van der Waals surface area contributed by atoms with Gasteiger partial charge in [0.05, 0.1) is 11.1 Å². The Morgan fingerprint density at radius 2 is 0.800 bits per heavy atom. The largest absolute Gasteiger partial charge is 0.310 e. The molecule has 0 N–H and O–H groups in total. The van der Waals surface area contributed by atoms with Crippen LogP contribution in [0.15, 0.2) is 231 Å². The van der Waals surface area contributed by atoms with E-state index in [1.165, 1.54) is 62.2 Å². The van der Waals surface area contributed by atoms with E-state index in [1.54, 1.807) is 0 Å². The average molecular weight is 839 g/mol. The summed E-state index contributed by atoms with van der Waals surface area (Å²) in [6, 6.07) is 85.0. The molecule has 2 aliphatic carbocycles. The molecule has 0 radical (unpaired) electrons. The second-order valence-corrected chi connectivity index (χ2v) is 19.2. The van der Waals surface area contributed by atoms with Gasteiger partial charge in [-0.15, -0.1) is 0 Å². The zero-order valence-corrected chi connectivity index (χ0v) is 37.7. The lowest BCUT2D eigenvalue weighted by molar-refractivity contribution is 0.332. The molecule has 0 fully saturated rings. The first-order valence-electron chi connectivity index (χ1n) is 23.1. The van der Waals surface area contributed by atoms with Gasteiger partial charge >= 0.3 is 0 Å². The molecule has 0 heterocycles. The maximum atomic E-state index is 2.47. The second kappa shape index (κ2) is 16.0. The standard InChI is InChI=1S/C63H54N2/c1-61(2)41-42-62(3,4)60-57(61)33-20-34-59(60)65(50-28-15-8-16-29-50)51-37-35-45(36-38-51)46-21-19-30-52(43-46)64(49-26-13-7-14-27-49)53-39-40-55-54-31-17-18-32-56(54)63(58(55)44-53,47-22-9-5-10-23-47)48-24-11-6-12-25-48/h5-40,43-44H,41-42H2,1-4H3. The molecular weight excluding hydrogens is 785 g/mol. The van der Waals surface area contributed by atoms with E-state index < -0.39 is 5.41 Å². The molecule has 0 spiro atoms. The predicted octanol–water partition coefficient (Wildman–Crippen LogP) is 17.0. The van der Waals surface area contributed by atoms with E-state index in [4.69, 9.17) is 0 Å². The smallest absolute Gasteiger partial charge is 0.0714 e. The zero-order chi connectivity index (χ0) is 44.2. The van der Waals surface area contributed by atoms with Crippen molar-refractivity contribution in [1.82, 2.24) is 0 Å². The third kappa shape index (κ3) is 6.79. The lowest BCUT2D eigenvalue weighted by Gasteiger charge is -2.44. The van der Waals surface area contributed by atoms with E-state index in [0.717, 1.165) is 40.4 Å². The van der Waals surface area contributed by atoms with Crippen molar-refractivity contribution in [3.63, 3.8) is 0 Å². The summed E-state index contributed by atoms with van der Waals surface area (Å²) in [6.07, 6.45) is 2.34. The Hall–Kier alpha value is -7.42. The molecule has 0 amide bonds. The van der Waals surface area contributed by atoms with Crippen LogP contribution in [0, 0.1) is 0 Å². The molecule has 0 saturated carbocycles. The van der Waals surface area contributed by atoms with Gasteiger partial charge in [0.1, 0.15) is 0 Å². The van der Waals surface area contributed by atoms with Crippen LogP contribution in [0.4, 0.5) is 34.1 Å². The van der Waals surface area contributed by atoms with Crippen LogP contribution in [0.1, 0.15) is 73.9 Å². The number of hydrogen-bond donors (Lipinski definition) is 0. The SMILES string of the molecule is CC1(C)CCC(C)(C)c2c(N(c3ccccc3)c3ccc(-c4cccc(N(c5ccccc5)c5ccc6c(c5)C(c5ccccc5)(c5ccccc5)c5ccccc5-6)c4)cc3)cccc21. The highest BCUT2D eigenvalue weighted by Gasteiger charge is 2.46. The maximum absolute atomic E-state index is 2.47. The number of hydrogen-bond acceptors (Lipinski definition) is 2. The van der Waals surface area contributed by atoms with Crippen molar-refractivity contribution in [1.29, 1.82) is 0 Å². The highest BCUT2D eigenvalue weighted by molar-refractivity contribution is 5.90. The van der Waals surface area contributed by atoms with Gasteiger partial charge in [-0.05, 0) is 146 Å². The Bertz CT molecular complexity index is 3090. The lowest BCUT2D eigenvalue weighted by Crippen LogP contribution is -2.35. The predicted molar refractivity (Wildman–Crippen MR) is 274 cm³/mol. The minimum Gasteiger partial charge on any atom is -0.310 e. The van der Waals surface area contributed by atoms with Crippen molar-refractivity contribution < 1.29 is 0 Å². The number of anilines is 6. The van der Waals surface area contributed by atoms with Crippen molar-refractivity contribution in [2.75, 3.05) is 9.80 Å². The van der Waals surface area contributed by atoms with Crippen LogP contribution in [-0.2, 0) is 16.2 Å². The molecule has 316 valence electrons. The molecule has 0 atom stereocenters. The van der Waals surface area contributed by atoms with Crippen molar-refractivity contribution in [2.45, 2.75) is 56.8 Å². The first-order chi connectivity index (χ1) is 31.7. The van der Waals surface area contributed by atoms with Crippen molar-refractivity contribution in [2.24, 2.45) is 0 Å². The average Bonchev–Trinajstić information content (AvgIpc) is 3.65. The maximum Gasteiger partial charge on any atom is 0.0714 e. The Kier molecular flexibility index (Phi) is 9.92. The number of para-hydroxylation sites is 2. The highest BCUT2D eigenvalue weighted by atomic mass is 15.1. The van der Waals surface area contributed by atoms with E-state index in [9.17, 15) is 0 Å². The Morgan fingerprint density at radius 1 is 0.323 bits per heavy atom. The molecule has 2 aliphatic rings. The van der Waals surface area contributed by atoms with Crippen molar-refractivity contribution in [3.05, 3.63) is 264 Å². The third-order valence-electron chi connectivity index (χ3n) is 14.4. The summed E-state index contributed by atoms with van der Waals surface area (Å²) in [7, 11) is 0. The van der Waals surface area contributed by atoms with Crippen LogP contribution >= 0.6 is 0 Å². The molecule has 2 heteroatoms. The molecule has 0 aromatic heterocycles. The minimum atomic E-state index is -0.491. The molecule has 9 aromatic carbocycles. The Morgan fingerprint density at radius 3 is 1.46 bits per heavy atom. The molecular formula is C63H54N2. The summed E-state index contributed by atoms with van der Waals surface area (Å²) in [4.78, 5) is 4.89. The first kappa shape index (κ1) is 40.4. The fourth-order valence-electron chi connectivity index (χ4n) is 11.1. The molecule has 9 aromatic rings. The van der Waals surface area contributed by atoms with E-state index in [1.807, 2.05) is 0 Å². The summed E-state index contributed by atoms with van der Waals surface area (Å²) >= 11 is 0. The summed E-state index contributed by atoms with van der Waals surface area (Å²) < 4.78 is 0. The van der Waals surface area contributed by atoms with Crippen LogP contribution in [0.2, 0.25) is 0 Å². The second-order valence-electron chi connectivity index (χ2n) is 19.2. The van der Waals surface area contributed by atoms with Crippen LogP contribution in [-0.4, -0.2) is 0 Å². The molecule has 0 unspecified atom stereocenters. The number of benzene rings is 9. The quantitative estimate of drug-likeness (QED) is 0.143. The zero-order valence-electron chi connectivity index (χ0n) is 37.7. The molecule has 2 nitrogen and oxygen atoms in total. The number of nitrogens with zero attached hydrogens (tertiary/aromatic N) is 2. The Balaban J connectivity index is 1.03. The van der Waals surface area contributed by atoms with Crippen molar-refractivity contribution >= 4 is 34.1 Å². The topological polar surface area (TPSA) is 6.48 Å². The highest BCUT2D eigenvalue weighted by Crippen LogP contribution is 2.57. The molecule has 0 bridgehead atoms. The minimum absolute atomic E-state index is 0.0485. The van der Waals surface area contributed by atoms with Gasteiger partial charge in [0.25, 0.3) is 0 Å². The van der Waals surface area contributed by atoms with Crippen LogP contribution < -0.4 is 9.80 Å². The molecule has 0 aliphatic heterocycles. The van der Waals surface area contributed by atoms with E-state index in [0.29, 0.717) is 0 Å². The molecule has 11 rings (SSSR count). The van der Waals surface area contributed by atoms with Gasteiger partial charge in [-0.2, -0.15) is 0 Å². The van der Waals surface area contributed by atoms with Gasteiger partial charge in [0, 0.05) is 28.4 Å². The van der Waals surface area contributed by atoms with E-state index >= 15 is 0 Å². The normalized spacial score (nSPS) is 15.0. The third-order valence-corrected chi connectivity index (χ3v) is 14.4. The lowest BCUT2D eigenvalue weighted by atomic mass is 9.62. The van der Waals surface area contributed by atoms with Gasteiger partial charge in [-0.25, -0.2) is 0 Å². The van der Waals surface area contributed by atoms with Gasteiger partial charge < -0.3 is 9.80 Å². The first-order valence-corrected chi connectivity index (χ1v) is 23.1. The van der Waals surface area contributed by atoms with Crippen LogP contribution in [0.5, 0.6) is 0 Å². The Labute approximate surface area is 385 Å². The van der Waals surface area contributed by atoms with E-state index in [-0.39, 0.29) is 10.8 Å². The number of rotatable bonds is 9. The van der Waals surface area contributed by atoms with Gasteiger partial charge in [-0.3, -0.25) is 0 Å².